The fraction of sp³-hybridized carbons (Fsp3) is 0.100. The van der Waals surface area contributed by atoms with Crippen LogP contribution in [0, 0.1) is 17.5 Å². The van der Waals surface area contributed by atoms with Crippen molar-refractivity contribution in [3.63, 3.8) is 0 Å². The van der Waals surface area contributed by atoms with Crippen LogP contribution in [0.3, 0.4) is 0 Å². The zero-order valence-corrected chi connectivity index (χ0v) is 33.1. The second kappa shape index (κ2) is 16.6. The molecule has 0 aliphatic heterocycles. The van der Waals surface area contributed by atoms with Crippen molar-refractivity contribution >= 4 is 21.9 Å². The summed E-state index contributed by atoms with van der Waals surface area (Å²) < 4.78 is 24.5. The van der Waals surface area contributed by atoms with E-state index in [-0.39, 0.29) is 20.1 Å². The van der Waals surface area contributed by atoms with E-state index in [0.29, 0.717) is 11.3 Å². The Labute approximate surface area is 339 Å². The number of aromatic nitrogens is 3. The number of hydrogen-bond donors (Lipinski definition) is 0. The first-order valence-corrected chi connectivity index (χ1v) is 18.0. The van der Waals surface area contributed by atoms with Crippen molar-refractivity contribution in [2.45, 2.75) is 27.1 Å². The van der Waals surface area contributed by atoms with E-state index in [0.717, 1.165) is 72.3 Å². The molecule has 0 aliphatic carbocycles. The minimum atomic E-state index is -1.53. The van der Waals surface area contributed by atoms with Crippen molar-refractivity contribution in [2.24, 2.45) is 5.41 Å². The Morgan fingerprint density at radius 2 is 1.27 bits per heavy atom. The molecule has 5 heteroatoms. The fourth-order valence-corrected chi connectivity index (χ4v) is 6.65. The molecule has 0 fully saturated rings. The Hall–Kier alpha value is -6.00. The largest absolute Gasteiger partial charge is 0.500 e. The maximum absolute atomic E-state index is 8.92. The summed E-state index contributed by atoms with van der Waals surface area (Å²) in [5, 5.41) is 2.05. The van der Waals surface area contributed by atoms with Crippen LogP contribution in [0.1, 0.15) is 29.1 Å². The van der Waals surface area contributed by atoms with Gasteiger partial charge in [-0.15, -0.1) is 54.1 Å². The van der Waals surface area contributed by atoms with Gasteiger partial charge >= 0.3 is 0 Å². The quantitative estimate of drug-likeness (QED) is 0.156. The minimum Gasteiger partial charge on any atom is -0.500 e. The molecule has 6 aromatic carbocycles. The third-order valence-corrected chi connectivity index (χ3v) is 9.02. The first kappa shape index (κ1) is 34.7. The molecule has 0 N–H and O–H groups in total. The smallest absolute Gasteiger partial charge is 0.128 e. The molecule has 55 heavy (non-hydrogen) atoms. The Kier molecular flexibility index (Phi) is 10.5. The van der Waals surface area contributed by atoms with Gasteiger partial charge in [-0.3, -0.25) is 4.98 Å². The predicted molar refractivity (Wildman–Crippen MR) is 222 cm³/mol. The van der Waals surface area contributed by atoms with E-state index in [4.69, 9.17) is 7.16 Å². The second-order valence-corrected chi connectivity index (χ2v) is 14.0. The van der Waals surface area contributed by atoms with E-state index in [1.165, 1.54) is 0 Å². The molecule has 0 unspecified atom stereocenters. The van der Waals surface area contributed by atoms with Gasteiger partial charge in [-0.25, -0.2) is 4.98 Å². The predicted octanol–water partition coefficient (Wildman–Crippen LogP) is 13.0. The van der Waals surface area contributed by atoms with Crippen molar-refractivity contribution in [2.75, 3.05) is 0 Å². The Balaban J connectivity index is 0.000000326. The molecule has 3 heterocycles. The summed E-state index contributed by atoms with van der Waals surface area (Å²) in [6.07, 6.45) is 1.83. The average molecular weight is 892 g/mol. The molecule has 0 aliphatic rings. The van der Waals surface area contributed by atoms with Crippen molar-refractivity contribution in [3.05, 3.63) is 188 Å². The van der Waals surface area contributed by atoms with Crippen LogP contribution in [0.4, 0.5) is 0 Å². The van der Waals surface area contributed by atoms with Gasteiger partial charge in [0, 0.05) is 45.6 Å². The van der Waals surface area contributed by atoms with Crippen LogP contribution < -0.4 is 0 Å². The van der Waals surface area contributed by atoms with Crippen LogP contribution in [-0.4, -0.2) is 15.0 Å². The topological polar surface area (TPSA) is 51.8 Å². The number of rotatable bonds is 6. The summed E-state index contributed by atoms with van der Waals surface area (Å²) in [6, 6.07) is 58.5. The Morgan fingerprint density at radius 3 is 1.98 bits per heavy atom. The molecule has 271 valence electrons. The summed E-state index contributed by atoms with van der Waals surface area (Å²) in [7, 11) is 0. The molecule has 9 rings (SSSR count). The number of furan rings is 1. The normalized spacial score (nSPS) is 11.9. The summed E-state index contributed by atoms with van der Waals surface area (Å²) in [5.74, 6) is 0. The molecule has 4 nitrogen and oxygen atoms in total. The van der Waals surface area contributed by atoms with E-state index in [9.17, 15) is 0 Å². The van der Waals surface area contributed by atoms with E-state index in [1.807, 2.05) is 148 Å². The van der Waals surface area contributed by atoms with Crippen LogP contribution >= 0.6 is 0 Å². The minimum absolute atomic E-state index is 0. The molecule has 1 radical (unpaired) electrons. The van der Waals surface area contributed by atoms with E-state index in [2.05, 4.69) is 57.4 Å². The second-order valence-electron chi connectivity index (χ2n) is 14.0. The number of para-hydroxylation sites is 1. The fourth-order valence-electron chi connectivity index (χ4n) is 6.65. The monoisotopic (exact) mass is 892 g/mol. The molecule has 0 amide bonds. The van der Waals surface area contributed by atoms with Crippen LogP contribution in [0.5, 0.6) is 0 Å². The van der Waals surface area contributed by atoms with Gasteiger partial charge in [0.1, 0.15) is 11.9 Å². The van der Waals surface area contributed by atoms with Crippen LogP contribution in [0.25, 0.3) is 78.0 Å². The van der Waals surface area contributed by atoms with Crippen molar-refractivity contribution in [1.29, 1.82) is 0 Å². The number of benzene rings is 6. The maximum atomic E-state index is 8.92. The van der Waals surface area contributed by atoms with Crippen molar-refractivity contribution in [1.82, 2.24) is 15.0 Å². The van der Waals surface area contributed by atoms with Crippen LogP contribution in [0.2, 0.25) is 0 Å². The molecule has 0 spiro atoms. The molecular formula is C50H39IrN3O-2. The van der Waals surface area contributed by atoms with Crippen LogP contribution in [0.15, 0.2) is 175 Å². The van der Waals surface area contributed by atoms with E-state index in [1.54, 1.807) is 12.5 Å². The molecule has 0 bridgehead atoms. The third-order valence-electron chi connectivity index (χ3n) is 9.02. The summed E-state index contributed by atoms with van der Waals surface area (Å²) in [6.45, 7) is 5.79. The van der Waals surface area contributed by atoms with E-state index >= 15 is 0 Å². The number of hydrogen-bond acceptors (Lipinski definition) is 4. The Bertz CT molecular complexity index is 2710. The van der Waals surface area contributed by atoms with Gasteiger partial charge in [0.25, 0.3) is 0 Å². The summed E-state index contributed by atoms with van der Waals surface area (Å²) in [4.78, 5) is 13.6. The van der Waals surface area contributed by atoms with Gasteiger partial charge in [-0.05, 0) is 51.5 Å². The zero-order chi connectivity index (χ0) is 38.7. The van der Waals surface area contributed by atoms with Gasteiger partial charge in [-0.1, -0.05) is 147 Å². The Morgan fingerprint density at radius 1 is 0.564 bits per heavy atom. The number of fused-ring (bicyclic) bond motifs is 3. The van der Waals surface area contributed by atoms with E-state index < -0.39 is 11.8 Å². The average Bonchev–Trinajstić information content (AvgIpc) is 3.64. The zero-order valence-electron chi connectivity index (χ0n) is 32.7. The molecule has 3 aromatic heterocycles. The summed E-state index contributed by atoms with van der Waals surface area (Å²) in [5.41, 5.74) is 10.8. The summed E-state index contributed by atoms with van der Waals surface area (Å²) >= 11 is 0. The first-order valence-electron chi connectivity index (χ1n) is 19.0. The first-order chi connectivity index (χ1) is 27.2. The number of nitrogens with zero attached hydrogens (tertiary/aromatic N) is 3. The maximum Gasteiger partial charge on any atom is 0.128 e. The number of pyridine rings is 1. The standard InChI is InChI=1S/C39H31N2O.C11H8N.Ir/c1-39(2,3)24-26-20-21-30(34(22-26)28-14-8-5-9-15-28)35-23-36(41-25-40-35)33-19-11-18-32-31-17-10-16-29(37(31)42-38(32)33)27-12-6-4-7-13-27;1-2-6-10(7-3-1)11-8-4-5-9-12-11;/h4-18,20-23,25H,24H2,1-3H3;1-6,8-9H;/q2*-1;/i24D2;;. The molecule has 9 aromatic rings. The molecule has 0 saturated heterocycles. The molecule has 0 saturated carbocycles. The van der Waals surface area contributed by atoms with Gasteiger partial charge in [0.2, 0.25) is 0 Å². The van der Waals surface area contributed by atoms with Gasteiger partial charge in [0.15, 0.2) is 0 Å². The van der Waals surface area contributed by atoms with Crippen molar-refractivity contribution < 1.29 is 27.3 Å². The van der Waals surface area contributed by atoms with Crippen molar-refractivity contribution in [3.8, 4) is 56.0 Å². The SMILES string of the molecule is [2H]C([2H])(c1ccc(-c2cc(-c3[c-]ccc4c3oc3c(-c5ccccc5)cccc34)ncn2)c(-c2ccccc2)c1)C(C)(C)C.[Ir].[c-]1ccccc1-c1ccccn1. The molecular weight excluding hydrogens is 851 g/mol. The van der Waals surface area contributed by atoms with Crippen LogP contribution in [-0.2, 0) is 26.5 Å². The van der Waals surface area contributed by atoms with Gasteiger partial charge in [0.05, 0.1) is 11.3 Å². The van der Waals surface area contributed by atoms with Gasteiger partial charge < -0.3 is 9.40 Å². The third kappa shape index (κ3) is 8.39. The molecule has 0 atom stereocenters. The van der Waals surface area contributed by atoms with Gasteiger partial charge in [-0.2, -0.15) is 0 Å².